The van der Waals surface area contributed by atoms with E-state index in [0.717, 1.165) is 15.1 Å². The predicted octanol–water partition coefficient (Wildman–Crippen LogP) is 3.24. The molecule has 1 aliphatic heterocycles. The summed E-state index contributed by atoms with van der Waals surface area (Å²) < 4.78 is 3.37. The third-order valence-electron chi connectivity index (χ3n) is 1.51. The number of carbonyl (C=O) groups is 1. The second-order valence-electron chi connectivity index (χ2n) is 2.42. The fourth-order valence-electron chi connectivity index (χ4n) is 0.992. The van der Waals surface area contributed by atoms with Gasteiger partial charge in [-0.1, -0.05) is 11.6 Å². The van der Waals surface area contributed by atoms with Crippen molar-refractivity contribution in [3.63, 3.8) is 0 Å². The molecule has 0 saturated carbocycles. The molecule has 0 spiro atoms. The lowest BCUT2D eigenvalue weighted by Crippen LogP contribution is -2.27. The third-order valence-corrected chi connectivity index (χ3v) is 3.18. The van der Waals surface area contributed by atoms with Crippen molar-refractivity contribution in [3.8, 4) is 0 Å². The molecule has 0 unspecified atom stereocenters. The molecule has 0 fully saturated rings. The summed E-state index contributed by atoms with van der Waals surface area (Å²) in [5.41, 5.74) is 0.762. The molecule has 1 aliphatic rings. The predicted molar refractivity (Wildman–Crippen MR) is 57.2 cm³/mol. The Labute approximate surface area is 92.5 Å². The van der Waals surface area contributed by atoms with Gasteiger partial charge in [-0.05, 0) is 40.0 Å². The molecule has 0 saturated heterocycles. The average Bonchev–Trinajstić information content (AvgIpc) is 2.06. The van der Waals surface area contributed by atoms with Crippen LogP contribution in [-0.2, 0) is 0 Å². The molecule has 3 nitrogen and oxygen atoms in total. The maximum Gasteiger partial charge on any atom is 0.329 e. The zero-order valence-corrected chi connectivity index (χ0v) is 9.39. The van der Waals surface area contributed by atoms with Crippen molar-refractivity contribution >= 4 is 51.2 Å². The quantitative estimate of drug-likeness (QED) is 0.716. The van der Waals surface area contributed by atoms with Gasteiger partial charge in [-0.15, -0.1) is 0 Å². The number of amides is 2. The van der Waals surface area contributed by atoms with Crippen molar-refractivity contribution in [2.45, 2.75) is 4.90 Å². The molecule has 1 aromatic rings. The molecular weight excluding hydrogens is 276 g/mol. The molecule has 68 valence electrons. The van der Waals surface area contributed by atoms with Gasteiger partial charge in [-0.2, -0.15) is 0 Å². The highest BCUT2D eigenvalue weighted by Gasteiger charge is 2.17. The Hall–Kier alpha value is -0.390. The third kappa shape index (κ3) is 1.77. The van der Waals surface area contributed by atoms with Crippen LogP contribution in [0, 0.1) is 0 Å². The average molecular weight is 280 g/mol. The van der Waals surface area contributed by atoms with Crippen LogP contribution in [-0.4, -0.2) is 6.03 Å². The van der Waals surface area contributed by atoms with Crippen LogP contribution in [0.15, 0.2) is 21.5 Å². The maximum absolute atomic E-state index is 11.0. The lowest BCUT2D eigenvalue weighted by atomic mass is 10.3. The lowest BCUT2D eigenvalue weighted by Gasteiger charge is -2.18. The van der Waals surface area contributed by atoms with Crippen LogP contribution in [0.5, 0.6) is 0 Å². The number of nitrogens with one attached hydrogen (secondary N) is 2. The van der Waals surface area contributed by atoms with E-state index in [1.54, 1.807) is 12.1 Å². The van der Waals surface area contributed by atoms with Crippen LogP contribution in [0.2, 0.25) is 5.02 Å². The van der Waals surface area contributed by atoms with E-state index < -0.39 is 0 Å². The van der Waals surface area contributed by atoms with Crippen LogP contribution >= 0.6 is 39.5 Å². The largest absolute Gasteiger partial charge is 0.329 e. The monoisotopic (exact) mass is 278 g/mol. The smallest absolute Gasteiger partial charge is 0.305 e. The van der Waals surface area contributed by atoms with Crippen LogP contribution in [0.3, 0.4) is 0 Å². The Morgan fingerprint density at radius 1 is 1.46 bits per heavy atom. The molecule has 13 heavy (non-hydrogen) atoms. The first-order chi connectivity index (χ1) is 6.16. The van der Waals surface area contributed by atoms with E-state index >= 15 is 0 Å². The van der Waals surface area contributed by atoms with E-state index in [9.17, 15) is 4.79 Å². The van der Waals surface area contributed by atoms with Crippen molar-refractivity contribution in [1.82, 2.24) is 4.72 Å². The van der Waals surface area contributed by atoms with Crippen molar-refractivity contribution in [2.75, 3.05) is 5.32 Å². The van der Waals surface area contributed by atoms with Gasteiger partial charge < -0.3 is 5.32 Å². The molecular formula is C7H4BrClN2OS. The first-order valence-corrected chi connectivity index (χ1v) is 5.38. The minimum Gasteiger partial charge on any atom is -0.305 e. The number of carbonyl (C=O) groups excluding carboxylic acids is 1. The number of anilines is 1. The topological polar surface area (TPSA) is 41.1 Å². The summed E-state index contributed by atoms with van der Waals surface area (Å²) in [6, 6.07) is 3.31. The summed E-state index contributed by atoms with van der Waals surface area (Å²) in [5, 5.41) is 3.31. The van der Waals surface area contributed by atoms with Crippen molar-refractivity contribution < 1.29 is 4.79 Å². The molecule has 1 heterocycles. The van der Waals surface area contributed by atoms with Gasteiger partial charge in [0.05, 0.1) is 10.6 Å². The normalized spacial score (nSPS) is 14.5. The number of fused-ring (bicyclic) bond motifs is 1. The second kappa shape index (κ2) is 3.40. The van der Waals surface area contributed by atoms with Crippen LogP contribution in [0.4, 0.5) is 10.5 Å². The number of rotatable bonds is 0. The maximum atomic E-state index is 11.0. The van der Waals surface area contributed by atoms with Crippen molar-refractivity contribution in [1.29, 1.82) is 0 Å². The molecule has 2 rings (SSSR count). The molecule has 0 aromatic heterocycles. The minimum absolute atomic E-state index is 0.222. The molecule has 0 atom stereocenters. The van der Waals surface area contributed by atoms with Gasteiger partial charge in [0.15, 0.2) is 0 Å². The lowest BCUT2D eigenvalue weighted by molar-refractivity contribution is 0.257. The number of halogens is 2. The SMILES string of the molecule is O=C1NSc2cc(Cl)cc(Br)c2N1. The Balaban J connectivity index is 2.53. The highest BCUT2D eigenvalue weighted by Crippen LogP contribution is 2.37. The fourth-order valence-corrected chi connectivity index (χ4v) is 2.80. The van der Waals surface area contributed by atoms with E-state index in [1.165, 1.54) is 11.9 Å². The minimum atomic E-state index is -0.222. The summed E-state index contributed by atoms with van der Waals surface area (Å²) in [6.45, 7) is 0. The Morgan fingerprint density at radius 3 is 3.00 bits per heavy atom. The van der Waals surface area contributed by atoms with Crippen LogP contribution < -0.4 is 10.0 Å². The highest BCUT2D eigenvalue weighted by atomic mass is 79.9. The van der Waals surface area contributed by atoms with Gasteiger partial charge in [0.25, 0.3) is 0 Å². The number of hydrogen-bond donors (Lipinski definition) is 2. The summed E-state index contributed by atoms with van der Waals surface area (Å²) in [5.74, 6) is 0. The number of urea groups is 1. The first kappa shape index (κ1) is 9.18. The number of hydrogen-bond acceptors (Lipinski definition) is 2. The molecule has 0 aliphatic carbocycles. The highest BCUT2D eigenvalue weighted by molar-refractivity contribution is 9.10. The molecule has 6 heteroatoms. The molecule has 1 aromatic carbocycles. The van der Waals surface area contributed by atoms with Gasteiger partial charge in [0.1, 0.15) is 0 Å². The van der Waals surface area contributed by atoms with E-state index in [2.05, 4.69) is 26.0 Å². The van der Waals surface area contributed by atoms with Crippen molar-refractivity contribution in [2.24, 2.45) is 0 Å². The van der Waals surface area contributed by atoms with Gasteiger partial charge >= 0.3 is 6.03 Å². The van der Waals surface area contributed by atoms with Gasteiger partial charge in [-0.25, -0.2) is 4.79 Å². The van der Waals surface area contributed by atoms with Crippen LogP contribution in [0.1, 0.15) is 0 Å². The standard InChI is InChI=1S/C7H4BrClN2OS/c8-4-1-3(9)2-5-6(4)10-7(12)11-13-5/h1-2H,(H2,10,11,12). The molecule has 2 N–H and O–H groups in total. The summed E-state index contributed by atoms with van der Waals surface area (Å²) in [4.78, 5) is 11.9. The fraction of sp³-hybridized carbons (Fsp3) is 0. The van der Waals surface area contributed by atoms with E-state index in [1.807, 2.05) is 0 Å². The first-order valence-electron chi connectivity index (χ1n) is 3.40. The van der Waals surface area contributed by atoms with Crippen LogP contribution in [0.25, 0.3) is 0 Å². The summed E-state index contributed by atoms with van der Waals surface area (Å²) in [6.07, 6.45) is 0. The Kier molecular flexibility index (Phi) is 2.40. The molecule has 2 amide bonds. The van der Waals surface area contributed by atoms with Gasteiger partial charge in [0.2, 0.25) is 0 Å². The Morgan fingerprint density at radius 2 is 2.23 bits per heavy atom. The van der Waals surface area contributed by atoms with Gasteiger partial charge in [0, 0.05) is 9.50 Å². The molecule has 0 bridgehead atoms. The molecule has 0 radical (unpaired) electrons. The van der Waals surface area contributed by atoms with Crippen molar-refractivity contribution in [3.05, 3.63) is 21.6 Å². The Bertz CT molecular complexity index is 385. The van der Waals surface area contributed by atoms with Gasteiger partial charge in [-0.3, -0.25) is 4.72 Å². The number of benzene rings is 1. The second-order valence-corrected chi connectivity index (χ2v) is 4.56. The van der Waals surface area contributed by atoms with E-state index in [-0.39, 0.29) is 6.03 Å². The van der Waals surface area contributed by atoms with E-state index in [0.29, 0.717) is 5.02 Å². The summed E-state index contributed by atoms with van der Waals surface area (Å²) >= 11 is 10.4. The summed E-state index contributed by atoms with van der Waals surface area (Å²) in [7, 11) is 0. The van der Waals surface area contributed by atoms with E-state index in [4.69, 9.17) is 11.6 Å². The zero-order chi connectivity index (χ0) is 9.42. The zero-order valence-electron chi connectivity index (χ0n) is 6.23.